The predicted molar refractivity (Wildman–Crippen MR) is 100 cm³/mol. The molecule has 0 spiro atoms. The second kappa shape index (κ2) is 7.67. The van der Waals surface area contributed by atoms with Gasteiger partial charge in [-0.2, -0.15) is 0 Å². The fraction of sp³-hybridized carbons (Fsp3) is 0.500. The Kier molecular flexibility index (Phi) is 5.59. The monoisotopic (exact) mass is 348 g/mol. The van der Waals surface area contributed by atoms with Crippen LogP contribution in [0.1, 0.15) is 31.7 Å². The lowest BCUT2D eigenvalue weighted by Crippen LogP contribution is -2.28. The van der Waals surface area contributed by atoms with Crippen LogP contribution < -0.4 is 4.74 Å². The Morgan fingerprint density at radius 1 is 1.35 bits per heavy atom. The topological polar surface area (TPSA) is 27.1 Å². The average Bonchev–Trinajstić information content (AvgIpc) is 3.14. The molecule has 1 aromatic carbocycles. The van der Waals surface area contributed by atoms with Crippen molar-refractivity contribution in [2.75, 3.05) is 12.9 Å². The number of rotatable bonds is 6. The maximum atomic E-state index is 5.32. The van der Waals surface area contributed by atoms with Crippen molar-refractivity contribution in [1.82, 2.24) is 9.55 Å². The standard InChI is InChI=1S/C18H24N2OS2/c1-3-17-8-13-22-18(23-17,9-11-20-12-10-19-14-20)15-4-6-16(21-2)7-5-15/h4-7,10,12,14,17H,3,8-9,11,13H2,1-2H3. The molecular formula is C18H24N2OS2. The number of aryl methyl sites for hydroxylation is 1. The van der Waals surface area contributed by atoms with Gasteiger partial charge < -0.3 is 9.30 Å². The minimum atomic E-state index is 0.134. The number of thioether (sulfide) groups is 2. The quantitative estimate of drug-likeness (QED) is 0.750. The highest BCUT2D eigenvalue weighted by molar-refractivity contribution is 8.18. The van der Waals surface area contributed by atoms with Gasteiger partial charge in [0.25, 0.3) is 0 Å². The summed E-state index contributed by atoms with van der Waals surface area (Å²) in [5.74, 6) is 2.16. The summed E-state index contributed by atoms with van der Waals surface area (Å²) in [5.41, 5.74) is 1.41. The summed E-state index contributed by atoms with van der Waals surface area (Å²) in [6, 6.07) is 8.66. The van der Waals surface area contributed by atoms with Gasteiger partial charge in [0.1, 0.15) is 5.75 Å². The number of ether oxygens (including phenoxy) is 1. The van der Waals surface area contributed by atoms with Crippen molar-refractivity contribution >= 4 is 23.5 Å². The van der Waals surface area contributed by atoms with Gasteiger partial charge in [-0.05, 0) is 42.7 Å². The molecule has 5 heteroatoms. The third-order valence-corrected chi connectivity index (χ3v) is 8.09. The molecule has 2 aromatic rings. The summed E-state index contributed by atoms with van der Waals surface area (Å²) in [6.45, 7) is 3.31. The van der Waals surface area contributed by atoms with Crippen molar-refractivity contribution < 1.29 is 4.74 Å². The molecule has 2 atom stereocenters. The Morgan fingerprint density at radius 3 is 2.83 bits per heavy atom. The maximum Gasteiger partial charge on any atom is 0.118 e. The molecule has 2 heterocycles. The second-order valence-electron chi connectivity index (χ2n) is 5.82. The van der Waals surface area contributed by atoms with E-state index < -0.39 is 0 Å². The Morgan fingerprint density at radius 2 is 2.17 bits per heavy atom. The van der Waals surface area contributed by atoms with Crippen LogP contribution in [0.5, 0.6) is 5.75 Å². The van der Waals surface area contributed by atoms with Gasteiger partial charge in [0.15, 0.2) is 0 Å². The van der Waals surface area contributed by atoms with Crippen LogP contribution in [0.3, 0.4) is 0 Å². The van der Waals surface area contributed by atoms with E-state index in [4.69, 9.17) is 4.74 Å². The van der Waals surface area contributed by atoms with Crippen molar-refractivity contribution in [3.05, 3.63) is 48.5 Å². The third-order valence-electron chi connectivity index (χ3n) is 4.38. The molecule has 1 aliphatic heterocycles. The highest BCUT2D eigenvalue weighted by Gasteiger charge is 2.38. The first kappa shape index (κ1) is 16.8. The Labute approximate surface area is 147 Å². The summed E-state index contributed by atoms with van der Waals surface area (Å²) < 4.78 is 7.64. The largest absolute Gasteiger partial charge is 0.497 e. The molecule has 1 aliphatic rings. The first-order chi connectivity index (χ1) is 11.3. The normalized spacial score (nSPS) is 24.5. The molecule has 0 amide bonds. The van der Waals surface area contributed by atoms with Crippen LogP contribution in [0.4, 0.5) is 0 Å². The van der Waals surface area contributed by atoms with Crippen LogP contribution in [0.2, 0.25) is 0 Å². The highest BCUT2D eigenvalue weighted by atomic mass is 32.2. The van der Waals surface area contributed by atoms with Gasteiger partial charge in [-0.25, -0.2) is 4.98 Å². The molecule has 124 valence electrons. The number of benzene rings is 1. The molecule has 2 unspecified atom stereocenters. The lowest BCUT2D eigenvalue weighted by molar-refractivity contribution is 0.414. The van der Waals surface area contributed by atoms with Crippen LogP contribution in [0, 0.1) is 0 Å². The molecule has 0 bridgehead atoms. The van der Waals surface area contributed by atoms with E-state index >= 15 is 0 Å². The first-order valence-corrected chi connectivity index (χ1v) is 10.0. The lowest BCUT2D eigenvalue weighted by atomic mass is 10.1. The number of nitrogens with zero attached hydrogens (tertiary/aromatic N) is 2. The molecule has 0 radical (unpaired) electrons. The SMILES string of the molecule is CCC1CCSC(CCn2ccnc2)(c2ccc(OC)cc2)S1. The zero-order chi connectivity index (χ0) is 16.1. The Bertz CT molecular complexity index is 600. The minimum absolute atomic E-state index is 0.134. The van der Waals surface area contributed by atoms with E-state index in [1.165, 1.54) is 24.2 Å². The van der Waals surface area contributed by atoms with Gasteiger partial charge in [0.2, 0.25) is 0 Å². The molecule has 1 fully saturated rings. The molecule has 23 heavy (non-hydrogen) atoms. The molecule has 0 N–H and O–H groups in total. The van der Waals surface area contributed by atoms with Crippen molar-refractivity contribution in [2.24, 2.45) is 0 Å². The van der Waals surface area contributed by atoms with Gasteiger partial charge in [-0.15, -0.1) is 23.5 Å². The molecule has 3 rings (SSSR count). The zero-order valence-electron chi connectivity index (χ0n) is 13.8. The van der Waals surface area contributed by atoms with Gasteiger partial charge in [-0.1, -0.05) is 19.1 Å². The van der Waals surface area contributed by atoms with Crippen LogP contribution in [-0.4, -0.2) is 27.7 Å². The third kappa shape index (κ3) is 3.89. The fourth-order valence-electron chi connectivity index (χ4n) is 2.97. The van der Waals surface area contributed by atoms with Crippen molar-refractivity contribution in [1.29, 1.82) is 0 Å². The van der Waals surface area contributed by atoms with Crippen LogP contribution >= 0.6 is 23.5 Å². The summed E-state index contributed by atoms with van der Waals surface area (Å²) in [6.07, 6.45) is 9.50. The highest BCUT2D eigenvalue weighted by Crippen LogP contribution is 2.56. The summed E-state index contributed by atoms with van der Waals surface area (Å²) in [5, 5.41) is 0.751. The van der Waals surface area contributed by atoms with E-state index in [0.717, 1.165) is 24.0 Å². The smallest absolute Gasteiger partial charge is 0.118 e. The van der Waals surface area contributed by atoms with Gasteiger partial charge in [0, 0.05) is 24.2 Å². The van der Waals surface area contributed by atoms with E-state index in [2.05, 4.69) is 70.5 Å². The molecule has 0 aliphatic carbocycles. The van der Waals surface area contributed by atoms with Gasteiger partial charge in [-0.3, -0.25) is 0 Å². The number of methoxy groups -OCH3 is 1. The number of hydrogen-bond acceptors (Lipinski definition) is 4. The summed E-state index contributed by atoms with van der Waals surface area (Å²) in [4.78, 5) is 4.17. The zero-order valence-corrected chi connectivity index (χ0v) is 15.4. The van der Waals surface area contributed by atoms with Crippen LogP contribution in [0.25, 0.3) is 0 Å². The van der Waals surface area contributed by atoms with E-state index in [-0.39, 0.29) is 4.08 Å². The van der Waals surface area contributed by atoms with Crippen molar-refractivity contribution in [3.8, 4) is 5.75 Å². The van der Waals surface area contributed by atoms with E-state index in [0.29, 0.717) is 0 Å². The van der Waals surface area contributed by atoms with Crippen molar-refractivity contribution in [3.63, 3.8) is 0 Å². The first-order valence-electron chi connectivity index (χ1n) is 8.18. The Balaban J connectivity index is 1.84. The van der Waals surface area contributed by atoms with Crippen LogP contribution in [0.15, 0.2) is 43.0 Å². The van der Waals surface area contributed by atoms with Crippen LogP contribution in [-0.2, 0) is 10.6 Å². The van der Waals surface area contributed by atoms with E-state index in [9.17, 15) is 0 Å². The average molecular weight is 349 g/mol. The molecule has 0 saturated carbocycles. The van der Waals surface area contributed by atoms with E-state index in [1.54, 1.807) is 7.11 Å². The minimum Gasteiger partial charge on any atom is -0.497 e. The molecule has 3 nitrogen and oxygen atoms in total. The van der Waals surface area contributed by atoms with Crippen molar-refractivity contribution in [2.45, 2.75) is 42.1 Å². The Hall–Kier alpha value is -1.07. The maximum absolute atomic E-state index is 5.32. The van der Waals surface area contributed by atoms with Gasteiger partial charge >= 0.3 is 0 Å². The molecular weight excluding hydrogens is 324 g/mol. The van der Waals surface area contributed by atoms with E-state index in [1.807, 2.05) is 12.5 Å². The number of hydrogen-bond donors (Lipinski definition) is 0. The number of imidazole rings is 1. The lowest BCUT2D eigenvalue weighted by Gasteiger charge is -2.40. The molecule has 1 aromatic heterocycles. The van der Waals surface area contributed by atoms with Gasteiger partial charge in [0.05, 0.1) is 17.5 Å². The summed E-state index contributed by atoms with van der Waals surface area (Å²) >= 11 is 4.26. The molecule has 1 saturated heterocycles. The summed E-state index contributed by atoms with van der Waals surface area (Å²) in [7, 11) is 1.72. The second-order valence-corrected chi connectivity index (χ2v) is 9.07. The fourth-order valence-corrected chi connectivity index (χ4v) is 6.74. The predicted octanol–water partition coefficient (Wildman–Crippen LogP) is 4.78. The number of aromatic nitrogens is 2.